The zero-order chi connectivity index (χ0) is 13.9. The molecule has 1 aromatic heterocycles. The average molecular weight is 279 g/mol. The van der Waals surface area contributed by atoms with Crippen molar-refractivity contribution in [1.29, 1.82) is 0 Å². The number of benzene rings is 1. The van der Waals surface area contributed by atoms with Crippen molar-refractivity contribution >= 4 is 16.0 Å². The van der Waals surface area contributed by atoms with Crippen molar-refractivity contribution in [3.05, 3.63) is 42.2 Å². The minimum Gasteiger partial charge on any atom is -0.496 e. The van der Waals surface area contributed by atoms with Crippen LogP contribution >= 0.6 is 0 Å². The lowest BCUT2D eigenvalue weighted by Gasteiger charge is -2.09. The van der Waals surface area contributed by atoms with Gasteiger partial charge in [0.2, 0.25) is 5.95 Å². The van der Waals surface area contributed by atoms with Crippen molar-refractivity contribution in [2.24, 2.45) is 0 Å². The van der Waals surface area contributed by atoms with Crippen molar-refractivity contribution < 1.29 is 13.2 Å². The van der Waals surface area contributed by atoms with E-state index in [0.717, 1.165) is 5.56 Å². The molecule has 0 amide bonds. The summed E-state index contributed by atoms with van der Waals surface area (Å²) in [7, 11) is -2.16. The lowest BCUT2D eigenvalue weighted by Crippen LogP contribution is -2.15. The molecule has 0 aliphatic carbocycles. The number of nitrogens with zero attached hydrogens (tertiary/aromatic N) is 2. The second kappa shape index (κ2) is 5.23. The topological polar surface area (TPSA) is 81.2 Å². The van der Waals surface area contributed by atoms with Crippen LogP contribution in [0.4, 0.5) is 5.95 Å². The van der Waals surface area contributed by atoms with Crippen LogP contribution in [0.2, 0.25) is 0 Å². The van der Waals surface area contributed by atoms with Crippen molar-refractivity contribution in [3.8, 4) is 5.75 Å². The van der Waals surface area contributed by atoms with Gasteiger partial charge >= 0.3 is 0 Å². The van der Waals surface area contributed by atoms with Crippen LogP contribution in [-0.4, -0.2) is 25.5 Å². The lowest BCUT2D eigenvalue weighted by molar-refractivity contribution is 0.411. The number of hydrogen-bond donors (Lipinski definition) is 1. The van der Waals surface area contributed by atoms with E-state index in [9.17, 15) is 8.42 Å². The highest BCUT2D eigenvalue weighted by Crippen LogP contribution is 2.22. The summed E-state index contributed by atoms with van der Waals surface area (Å²) in [6.45, 7) is 1.77. The van der Waals surface area contributed by atoms with Gasteiger partial charge in [0, 0.05) is 12.4 Å². The molecule has 2 aromatic rings. The Morgan fingerprint density at radius 3 is 2.47 bits per heavy atom. The monoisotopic (exact) mass is 279 g/mol. The number of methoxy groups -OCH3 is 1. The van der Waals surface area contributed by atoms with Crippen LogP contribution in [0.5, 0.6) is 5.75 Å². The Bertz CT molecular complexity index is 672. The molecule has 0 saturated heterocycles. The highest BCUT2D eigenvalue weighted by Gasteiger charge is 2.16. The van der Waals surface area contributed by atoms with E-state index >= 15 is 0 Å². The number of rotatable bonds is 4. The molecule has 1 heterocycles. The van der Waals surface area contributed by atoms with Crippen LogP contribution in [0.3, 0.4) is 0 Å². The first-order chi connectivity index (χ1) is 9.03. The Labute approximate surface area is 111 Å². The molecular weight excluding hydrogens is 266 g/mol. The zero-order valence-electron chi connectivity index (χ0n) is 10.5. The molecule has 6 nitrogen and oxygen atoms in total. The fraction of sp³-hybridized carbons (Fsp3) is 0.167. The first-order valence-electron chi connectivity index (χ1n) is 5.47. The van der Waals surface area contributed by atoms with E-state index in [-0.39, 0.29) is 10.8 Å². The van der Waals surface area contributed by atoms with Gasteiger partial charge in [0.15, 0.2) is 0 Å². The van der Waals surface area contributed by atoms with Gasteiger partial charge in [-0.05, 0) is 36.8 Å². The van der Waals surface area contributed by atoms with E-state index in [2.05, 4.69) is 14.7 Å². The van der Waals surface area contributed by atoms with Crippen LogP contribution in [0.15, 0.2) is 41.6 Å². The predicted octanol–water partition coefficient (Wildman–Crippen LogP) is 1.59. The summed E-state index contributed by atoms with van der Waals surface area (Å²) in [5, 5.41) is 0. The highest BCUT2D eigenvalue weighted by atomic mass is 32.2. The molecule has 0 saturated carbocycles. The SMILES string of the molecule is COc1ccc(S(=O)(=O)Nc2ncccn2)cc1C. The molecule has 0 aliphatic rings. The minimum absolute atomic E-state index is 0.0379. The third-order valence-electron chi connectivity index (χ3n) is 2.47. The first kappa shape index (κ1) is 13.3. The van der Waals surface area contributed by atoms with Crippen molar-refractivity contribution in [3.63, 3.8) is 0 Å². The Hall–Kier alpha value is -2.15. The zero-order valence-corrected chi connectivity index (χ0v) is 11.3. The Morgan fingerprint density at radius 1 is 1.21 bits per heavy atom. The van der Waals surface area contributed by atoms with Gasteiger partial charge in [-0.2, -0.15) is 0 Å². The maximum atomic E-state index is 12.1. The van der Waals surface area contributed by atoms with Crippen molar-refractivity contribution in [2.75, 3.05) is 11.8 Å². The number of anilines is 1. The molecule has 1 N–H and O–H groups in total. The van der Waals surface area contributed by atoms with E-state index in [1.54, 1.807) is 19.1 Å². The Kier molecular flexibility index (Phi) is 3.66. The molecule has 7 heteroatoms. The molecule has 0 radical (unpaired) electrons. The maximum absolute atomic E-state index is 12.1. The summed E-state index contributed by atoms with van der Waals surface area (Å²) in [6.07, 6.45) is 2.92. The number of aryl methyl sites for hydroxylation is 1. The molecule has 0 unspecified atom stereocenters. The Morgan fingerprint density at radius 2 is 1.89 bits per heavy atom. The molecule has 0 spiro atoms. The highest BCUT2D eigenvalue weighted by molar-refractivity contribution is 7.92. The minimum atomic E-state index is -3.69. The molecule has 2 rings (SSSR count). The van der Waals surface area contributed by atoms with Crippen LogP contribution < -0.4 is 9.46 Å². The number of aromatic nitrogens is 2. The van der Waals surface area contributed by atoms with Crippen LogP contribution in [-0.2, 0) is 10.0 Å². The molecule has 0 atom stereocenters. The third kappa shape index (κ3) is 3.00. The van der Waals surface area contributed by atoms with Gasteiger partial charge in [-0.25, -0.2) is 23.1 Å². The van der Waals surface area contributed by atoms with Crippen LogP contribution in [0.25, 0.3) is 0 Å². The molecule has 100 valence electrons. The van der Waals surface area contributed by atoms with Gasteiger partial charge in [0.25, 0.3) is 10.0 Å². The van der Waals surface area contributed by atoms with E-state index in [0.29, 0.717) is 5.75 Å². The van der Waals surface area contributed by atoms with Crippen LogP contribution in [0.1, 0.15) is 5.56 Å². The van der Waals surface area contributed by atoms with E-state index < -0.39 is 10.0 Å². The van der Waals surface area contributed by atoms with Gasteiger partial charge in [-0.1, -0.05) is 0 Å². The maximum Gasteiger partial charge on any atom is 0.264 e. The standard InChI is InChI=1S/C12H13N3O3S/c1-9-8-10(4-5-11(9)18-2)19(16,17)15-12-13-6-3-7-14-12/h3-8H,1-2H3,(H,13,14,15). The third-order valence-corrected chi connectivity index (χ3v) is 3.79. The summed E-state index contributed by atoms with van der Waals surface area (Å²) >= 11 is 0. The van der Waals surface area contributed by atoms with Crippen molar-refractivity contribution in [1.82, 2.24) is 9.97 Å². The first-order valence-corrected chi connectivity index (χ1v) is 6.96. The summed E-state index contributed by atoms with van der Waals surface area (Å²) in [4.78, 5) is 7.78. The summed E-state index contributed by atoms with van der Waals surface area (Å²) in [6, 6.07) is 6.21. The smallest absolute Gasteiger partial charge is 0.264 e. The molecule has 1 aromatic carbocycles. The molecular formula is C12H13N3O3S. The second-order valence-electron chi connectivity index (χ2n) is 3.81. The second-order valence-corrected chi connectivity index (χ2v) is 5.49. The van der Waals surface area contributed by atoms with Gasteiger partial charge in [-0.15, -0.1) is 0 Å². The van der Waals surface area contributed by atoms with Crippen molar-refractivity contribution in [2.45, 2.75) is 11.8 Å². The van der Waals surface area contributed by atoms with Gasteiger partial charge in [0.1, 0.15) is 5.75 Å². The quantitative estimate of drug-likeness (QED) is 0.919. The molecule has 0 fully saturated rings. The fourth-order valence-corrected chi connectivity index (χ4v) is 2.59. The summed E-state index contributed by atoms with van der Waals surface area (Å²) in [5.74, 6) is 0.672. The molecule has 19 heavy (non-hydrogen) atoms. The van der Waals surface area contributed by atoms with E-state index in [1.807, 2.05) is 0 Å². The Balaban J connectivity index is 2.32. The molecule has 0 aliphatic heterocycles. The predicted molar refractivity (Wildman–Crippen MR) is 70.6 cm³/mol. The lowest BCUT2D eigenvalue weighted by atomic mass is 10.2. The number of ether oxygens (including phenoxy) is 1. The van der Waals surface area contributed by atoms with Gasteiger partial charge < -0.3 is 4.74 Å². The number of sulfonamides is 1. The van der Waals surface area contributed by atoms with Crippen LogP contribution in [0, 0.1) is 6.92 Å². The van der Waals surface area contributed by atoms with E-state index in [4.69, 9.17) is 4.74 Å². The molecule has 0 bridgehead atoms. The summed E-state index contributed by atoms with van der Waals surface area (Å²) < 4.78 is 31.6. The summed E-state index contributed by atoms with van der Waals surface area (Å²) in [5.41, 5.74) is 0.736. The normalized spacial score (nSPS) is 11.1. The number of hydrogen-bond acceptors (Lipinski definition) is 5. The largest absolute Gasteiger partial charge is 0.496 e. The van der Waals surface area contributed by atoms with Gasteiger partial charge in [0.05, 0.1) is 12.0 Å². The number of nitrogens with one attached hydrogen (secondary N) is 1. The fourth-order valence-electron chi connectivity index (χ4n) is 1.55. The average Bonchev–Trinajstić information content (AvgIpc) is 2.39. The van der Waals surface area contributed by atoms with Gasteiger partial charge in [-0.3, -0.25) is 0 Å². The van der Waals surface area contributed by atoms with E-state index in [1.165, 1.54) is 31.6 Å².